The van der Waals surface area contributed by atoms with Crippen molar-refractivity contribution in [1.29, 1.82) is 0 Å². The molecule has 5 atom stereocenters. The van der Waals surface area contributed by atoms with E-state index in [0.29, 0.717) is 32.0 Å². The van der Waals surface area contributed by atoms with Crippen LogP contribution in [0, 0.1) is 44.1 Å². The monoisotopic (exact) mass is 1680 g/mol. The van der Waals surface area contributed by atoms with E-state index in [0.717, 1.165) is 127 Å². The number of esters is 4. The van der Waals surface area contributed by atoms with Gasteiger partial charge < -0.3 is 88.4 Å². The first-order valence-electron chi connectivity index (χ1n) is 31.4. The van der Waals surface area contributed by atoms with Crippen molar-refractivity contribution >= 4 is 85.1 Å². The Morgan fingerprint density at radius 2 is 0.768 bits per heavy atom. The van der Waals surface area contributed by atoms with Gasteiger partial charge in [0.15, 0.2) is 22.7 Å². The van der Waals surface area contributed by atoms with Gasteiger partial charge in [0.2, 0.25) is 16.6 Å². The molecule has 2 fully saturated rings. The summed E-state index contributed by atoms with van der Waals surface area (Å²) in [6.45, 7) is 54.2. The summed E-state index contributed by atoms with van der Waals surface area (Å²) in [7, 11) is -12.7. The van der Waals surface area contributed by atoms with Crippen LogP contribution in [0.25, 0.3) is 0 Å². The molecule has 561 valence electrons. The smallest absolute Gasteiger partial charge is 0.330 e. The molecule has 2 heterocycles. The van der Waals surface area contributed by atoms with E-state index in [1.807, 2.05) is 46.2 Å². The van der Waals surface area contributed by atoms with Crippen molar-refractivity contribution in [2.75, 3.05) is 99.1 Å². The summed E-state index contributed by atoms with van der Waals surface area (Å²) in [5.41, 5.74) is 0. The summed E-state index contributed by atoms with van der Waals surface area (Å²) in [6, 6.07) is 2.22. The number of rotatable bonds is 48. The Morgan fingerprint density at radius 1 is 0.463 bits per heavy atom. The van der Waals surface area contributed by atoms with Gasteiger partial charge in [-0.15, -0.1) is 0 Å². The number of aliphatic hydroxyl groups excluding tert-OH is 2. The van der Waals surface area contributed by atoms with E-state index in [1.54, 1.807) is 13.8 Å². The van der Waals surface area contributed by atoms with Gasteiger partial charge in [-0.3, -0.25) is 0 Å². The molecule has 2 aliphatic rings. The first-order valence-corrected chi connectivity index (χ1v) is 49.1. The number of hydrogen-bond acceptors (Lipinski definition) is 23. The third-order valence-electron chi connectivity index (χ3n) is 12.4. The Labute approximate surface area is 618 Å². The fraction of sp³-hybridized carbons (Fsp3) is 0.785. The number of ether oxygens (including phenoxy) is 11. The molecular formula is C65H136AcO23Si6. The Morgan fingerprint density at radius 3 is 1.08 bits per heavy atom. The van der Waals surface area contributed by atoms with E-state index >= 15 is 0 Å². The molecule has 2 aliphatic heterocycles. The van der Waals surface area contributed by atoms with Crippen molar-refractivity contribution in [2.24, 2.45) is 0 Å². The quantitative estimate of drug-likeness (QED) is 0.0143. The van der Waals surface area contributed by atoms with Crippen LogP contribution in [0.5, 0.6) is 0 Å². The second kappa shape index (κ2) is 62.2. The molecular weight excluding hydrogens is 1540 g/mol. The van der Waals surface area contributed by atoms with Crippen molar-refractivity contribution in [3.63, 3.8) is 0 Å². The van der Waals surface area contributed by atoms with E-state index in [9.17, 15) is 33.9 Å². The van der Waals surface area contributed by atoms with E-state index in [-0.39, 0.29) is 124 Å². The fourth-order valence-electron chi connectivity index (χ4n) is 7.38. The third-order valence-corrected chi connectivity index (χ3v) is 35.3. The molecule has 0 aromatic rings. The van der Waals surface area contributed by atoms with Crippen molar-refractivity contribution < 1.29 is 152 Å². The summed E-state index contributed by atoms with van der Waals surface area (Å²) < 4.78 is 81.7. The Bertz CT molecular complexity index is 1960. The molecule has 0 amide bonds. The second-order valence-corrected chi connectivity index (χ2v) is 48.8. The Kier molecular flexibility index (Phi) is 71.6. The van der Waals surface area contributed by atoms with Crippen molar-refractivity contribution in [3.05, 3.63) is 50.6 Å². The van der Waals surface area contributed by atoms with Crippen LogP contribution in [0.15, 0.2) is 50.6 Å². The zero-order valence-corrected chi connectivity index (χ0v) is 69.5. The van der Waals surface area contributed by atoms with Gasteiger partial charge in [-0.1, -0.05) is 96.1 Å². The van der Waals surface area contributed by atoms with Crippen molar-refractivity contribution in [3.8, 4) is 0 Å². The van der Waals surface area contributed by atoms with Gasteiger partial charge in [0.25, 0.3) is 0 Å². The second-order valence-electron chi connectivity index (χ2n) is 24.4. The van der Waals surface area contributed by atoms with E-state index in [4.69, 9.17) is 68.9 Å². The van der Waals surface area contributed by atoms with Crippen LogP contribution in [-0.4, -0.2) is 225 Å². The minimum Gasteiger partial charge on any atom is -0.460 e. The molecule has 0 aromatic carbocycles. The number of carbonyl (C=O) groups is 6. The van der Waals surface area contributed by atoms with Crippen molar-refractivity contribution in [2.45, 2.75) is 237 Å². The number of carbonyl (C=O) groups excluding carboxylic acids is 6. The largest absolute Gasteiger partial charge is 0.460 e. The van der Waals surface area contributed by atoms with Crippen LogP contribution in [0.3, 0.4) is 0 Å². The van der Waals surface area contributed by atoms with E-state index in [1.165, 1.54) is 0 Å². The van der Waals surface area contributed by atoms with Gasteiger partial charge in [-0.25, -0.2) is 19.2 Å². The average molecular weight is 1680 g/mol. The van der Waals surface area contributed by atoms with Crippen LogP contribution in [-0.2, 0) is 97.3 Å². The minimum absolute atomic E-state index is 0. The molecule has 0 aliphatic carbocycles. The maximum Gasteiger partial charge on any atom is 0.330 e. The molecule has 0 saturated carbocycles. The van der Waals surface area contributed by atoms with Gasteiger partial charge in [-0.2, -0.15) is 0 Å². The summed E-state index contributed by atoms with van der Waals surface area (Å²) in [4.78, 5) is 66.3. The summed E-state index contributed by atoms with van der Waals surface area (Å²) in [5.74, 6) is -2.21. The number of epoxide rings is 2. The van der Waals surface area contributed by atoms with Crippen LogP contribution >= 0.6 is 0 Å². The van der Waals surface area contributed by atoms with Gasteiger partial charge >= 0.3 is 41.0 Å². The molecule has 2 N–H and O–H groups in total. The topological polar surface area (TPSA) is 288 Å². The van der Waals surface area contributed by atoms with Gasteiger partial charge in [0.1, 0.15) is 48.4 Å². The predicted molar refractivity (Wildman–Crippen MR) is 390 cm³/mol. The van der Waals surface area contributed by atoms with E-state index < -0.39 is 92.6 Å². The number of hydrogen-bond donors (Lipinski definition) is 2. The first-order chi connectivity index (χ1) is 41.9. The van der Waals surface area contributed by atoms with Gasteiger partial charge in [0, 0.05) is 101 Å². The number of unbranched alkanes of at least 4 members (excludes halogenated alkanes) is 3. The molecule has 95 heavy (non-hydrogen) atoms. The maximum atomic E-state index is 11.5. The zero-order chi connectivity index (χ0) is 69.5. The SMILES string of the molecule is C.C.C.C.C=CC(=O)OC(CO)COCCCC.C=CC(=O)OCC(COCCCC)OC(=O)C=C.C=CC(=O)OCC(O)COCCCC.CC(=O)[Si](C)(C)O[Si](C)(C)O[Si](C)(C)C(C)=O.C[Si](C)(CCCOCC1CO1)O[Si](C)(C)O[Si](C)(C)CCCOCC1CO1.[Ac]. The fourth-order valence-corrected chi connectivity index (χ4v) is 32.9. The molecule has 23 nitrogen and oxygen atoms in total. The summed E-state index contributed by atoms with van der Waals surface area (Å²) in [5, 5.41) is 18.3. The van der Waals surface area contributed by atoms with Crippen LogP contribution in [0.1, 0.15) is 116 Å². The summed E-state index contributed by atoms with van der Waals surface area (Å²) in [6.07, 6.45) is 11.1. The molecule has 30 heteroatoms. The molecule has 2 rings (SSSR count). The average Bonchev–Trinajstić information content (AvgIpc) is 1.38. The predicted octanol–water partition coefficient (Wildman–Crippen LogP) is 12.1. The molecule has 0 bridgehead atoms. The number of aliphatic hydroxyl groups is 2. The minimum atomic E-state index is -2.42. The first kappa shape index (κ1) is 109. The molecule has 0 aromatic heterocycles. The normalized spacial score (nSPS) is 14.7. The third kappa shape index (κ3) is 69.3. The van der Waals surface area contributed by atoms with Crippen LogP contribution in [0.2, 0.25) is 90.7 Å². The standard InChI is InChI=1S/C18H40O6Si3.C13H20O5.C10H24O4Si3.2C10H18O4.4CH4.Ac/c1-25(2,11-7-9-19-13-17-15-21-17)23-27(5,6)24-26(3,4)12-8-10-20-14-18-16-22-18;1-4-7-8-16-9-11(18-13(15)6-3)10-17-12(14)5-2;1-9(11)15(3,4)13-17(7,8)14-16(5,6)10(2)12;1-3-5-6-13-7-9(11)8-14-10(12)4-2;1-3-5-6-13-8-9(7-11)14-10(12)4-2;;;;;/h17-18H,7-16H2,1-6H3;5-6,11H,2-4,7-10H2,1H3;1-8H3;2*4,9,11H,2-3,5-8H2,1H3;4*1H4;. The molecule has 0 spiro atoms. The van der Waals surface area contributed by atoms with Crippen molar-refractivity contribution in [1.82, 2.24) is 0 Å². The van der Waals surface area contributed by atoms with Gasteiger partial charge in [0.05, 0.1) is 52.9 Å². The Balaban J connectivity index is -0.000000168. The molecule has 5 unspecified atom stereocenters. The summed E-state index contributed by atoms with van der Waals surface area (Å²) >= 11 is 0. The Hall–Kier alpha value is -1.60. The molecule has 2 saturated heterocycles. The van der Waals surface area contributed by atoms with E-state index in [2.05, 4.69) is 84.2 Å². The van der Waals surface area contributed by atoms with Gasteiger partial charge in [-0.05, 0) is 137 Å². The molecule has 1 radical (unpaired) electrons. The van der Waals surface area contributed by atoms with Crippen LogP contribution in [0.4, 0.5) is 0 Å². The zero-order valence-electron chi connectivity index (χ0n) is 58.7. The van der Waals surface area contributed by atoms with Crippen LogP contribution < -0.4 is 0 Å². The maximum absolute atomic E-state index is 11.5.